The van der Waals surface area contributed by atoms with E-state index >= 15 is 0 Å². The van der Waals surface area contributed by atoms with Crippen LogP contribution < -0.4 is 10.6 Å². The van der Waals surface area contributed by atoms with Gasteiger partial charge in [0.05, 0.1) is 12.2 Å². The molecule has 0 aliphatic carbocycles. The predicted molar refractivity (Wildman–Crippen MR) is 105 cm³/mol. The Morgan fingerprint density at radius 2 is 2.27 bits per heavy atom. The Kier molecular flexibility index (Phi) is 8.45. The maximum Gasteiger partial charge on any atom is 0.191 e. The third-order valence-electron chi connectivity index (χ3n) is 3.51. The fourth-order valence-electron chi connectivity index (χ4n) is 2.34. The second kappa shape index (κ2) is 9.54. The zero-order chi connectivity index (χ0) is 15.1. The summed E-state index contributed by atoms with van der Waals surface area (Å²) in [5.41, 5.74) is 0.946. The van der Waals surface area contributed by atoms with Crippen LogP contribution in [0.3, 0.4) is 0 Å². The molecule has 0 amide bonds. The average molecular weight is 435 g/mol. The van der Waals surface area contributed by atoms with E-state index in [2.05, 4.69) is 51.2 Å². The smallest absolute Gasteiger partial charge is 0.191 e. The van der Waals surface area contributed by atoms with Gasteiger partial charge < -0.3 is 10.6 Å². The SMILES string of the molecule is CCNC(=NCc1ccnc(C)n1)NCC1(C)CCCS1.I. The largest absolute Gasteiger partial charge is 0.357 e. The molecule has 0 spiro atoms. The van der Waals surface area contributed by atoms with Crippen molar-refractivity contribution in [2.45, 2.75) is 44.9 Å². The van der Waals surface area contributed by atoms with Gasteiger partial charge in [-0.2, -0.15) is 11.8 Å². The minimum absolute atomic E-state index is 0. The number of rotatable bonds is 5. The van der Waals surface area contributed by atoms with Crippen molar-refractivity contribution < 1.29 is 0 Å². The maximum atomic E-state index is 4.61. The number of aromatic nitrogens is 2. The van der Waals surface area contributed by atoms with Gasteiger partial charge in [0.25, 0.3) is 0 Å². The summed E-state index contributed by atoms with van der Waals surface area (Å²) in [6.07, 6.45) is 4.37. The van der Waals surface area contributed by atoms with Crippen LogP contribution in [-0.2, 0) is 6.54 Å². The van der Waals surface area contributed by atoms with E-state index in [4.69, 9.17) is 0 Å². The lowest BCUT2D eigenvalue weighted by Crippen LogP contribution is -2.43. The van der Waals surface area contributed by atoms with Crippen molar-refractivity contribution in [3.63, 3.8) is 0 Å². The second-order valence-corrected chi connectivity index (χ2v) is 7.23. The van der Waals surface area contributed by atoms with Crippen molar-refractivity contribution in [1.82, 2.24) is 20.6 Å². The lowest BCUT2D eigenvalue weighted by atomic mass is 10.1. The lowest BCUT2D eigenvalue weighted by Gasteiger charge is -2.24. The Balaban J connectivity index is 0.00000242. The van der Waals surface area contributed by atoms with Gasteiger partial charge >= 0.3 is 0 Å². The second-order valence-electron chi connectivity index (χ2n) is 5.55. The van der Waals surface area contributed by atoms with Crippen molar-refractivity contribution in [2.75, 3.05) is 18.8 Å². The van der Waals surface area contributed by atoms with Crippen LogP contribution in [0.4, 0.5) is 0 Å². The first-order valence-electron chi connectivity index (χ1n) is 7.56. The van der Waals surface area contributed by atoms with E-state index in [9.17, 15) is 0 Å². The first-order chi connectivity index (χ1) is 10.1. The van der Waals surface area contributed by atoms with Crippen molar-refractivity contribution >= 4 is 41.7 Å². The molecule has 2 N–H and O–H groups in total. The standard InChI is InChI=1S/C15H25N5S.HI/c1-4-16-14(19-11-15(3)7-5-9-21-15)18-10-13-6-8-17-12(2)20-13;/h6,8H,4-5,7,9-11H2,1-3H3,(H2,16,18,19);1H. The highest BCUT2D eigenvalue weighted by atomic mass is 127. The van der Waals surface area contributed by atoms with E-state index < -0.39 is 0 Å². The summed E-state index contributed by atoms with van der Waals surface area (Å²) < 4.78 is 0.335. The summed E-state index contributed by atoms with van der Waals surface area (Å²) >= 11 is 2.06. The molecule has 1 aliphatic rings. The minimum atomic E-state index is 0. The van der Waals surface area contributed by atoms with E-state index in [0.29, 0.717) is 11.3 Å². The molecule has 1 aromatic heterocycles. The van der Waals surface area contributed by atoms with Crippen molar-refractivity contribution in [2.24, 2.45) is 4.99 Å². The highest BCUT2D eigenvalue weighted by molar-refractivity contribution is 14.0. The first kappa shape index (κ1) is 19.5. The number of halogens is 1. The van der Waals surface area contributed by atoms with Gasteiger partial charge in [0, 0.05) is 24.0 Å². The van der Waals surface area contributed by atoms with E-state index in [0.717, 1.165) is 30.6 Å². The van der Waals surface area contributed by atoms with Gasteiger partial charge in [0.15, 0.2) is 5.96 Å². The zero-order valence-electron chi connectivity index (χ0n) is 13.6. The Hall–Kier alpha value is -0.570. The van der Waals surface area contributed by atoms with Gasteiger partial charge in [-0.3, -0.25) is 0 Å². The molecule has 0 aromatic carbocycles. The van der Waals surface area contributed by atoms with E-state index in [1.165, 1.54) is 18.6 Å². The molecule has 22 heavy (non-hydrogen) atoms. The summed E-state index contributed by atoms with van der Waals surface area (Å²) in [5, 5.41) is 6.76. The van der Waals surface area contributed by atoms with Gasteiger partial charge in [-0.25, -0.2) is 15.0 Å². The summed E-state index contributed by atoms with van der Waals surface area (Å²) in [7, 11) is 0. The molecule has 1 aliphatic heterocycles. The van der Waals surface area contributed by atoms with Gasteiger partial charge in [0.2, 0.25) is 0 Å². The van der Waals surface area contributed by atoms with Gasteiger partial charge in [-0.05, 0) is 45.4 Å². The van der Waals surface area contributed by atoms with Crippen molar-refractivity contribution in [1.29, 1.82) is 0 Å². The molecular formula is C15H26IN5S. The highest BCUT2D eigenvalue weighted by Gasteiger charge is 2.29. The summed E-state index contributed by atoms with van der Waals surface area (Å²) in [6, 6.07) is 1.91. The van der Waals surface area contributed by atoms with Crippen LogP contribution in [0.2, 0.25) is 0 Å². The lowest BCUT2D eigenvalue weighted by molar-refractivity contribution is 0.584. The molecule has 2 heterocycles. The molecule has 1 saturated heterocycles. The molecule has 1 atom stereocenters. The number of aliphatic imine (C=N–C) groups is 1. The van der Waals surface area contributed by atoms with Crippen molar-refractivity contribution in [3.8, 4) is 0 Å². The van der Waals surface area contributed by atoms with Crippen molar-refractivity contribution in [3.05, 3.63) is 23.8 Å². The number of aryl methyl sites for hydroxylation is 1. The summed E-state index contributed by atoms with van der Waals surface area (Å²) in [4.78, 5) is 13.1. The molecular weight excluding hydrogens is 409 g/mol. The molecule has 5 nitrogen and oxygen atoms in total. The summed E-state index contributed by atoms with van der Waals surface area (Å²) in [5.74, 6) is 2.92. The number of guanidine groups is 1. The maximum absolute atomic E-state index is 4.61. The average Bonchev–Trinajstić information content (AvgIpc) is 2.89. The number of hydrogen-bond acceptors (Lipinski definition) is 4. The Morgan fingerprint density at radius 1 is 1.45 bits per heavy atom. The minimum Gasteiger partial charge on any atom is -0.357 e. The molecule has 2 rings (SSSR count). The van der Waals surface area contributed by atoms with Gasteiger partial charge in [-0.15, -0.1) is 24.0 Å². The van der Waals surface area contributed by atoms with Gasteiger partial charge in [-0.1, -0.05) is 0 Å². The molecule has 1 unspecified atom stereocenters. The Morgan fingerprint density at radius 3 is 2.91 bits per heavy atom. The molecule has 124 valence electrons. The number of nitrogens with one attached hydrogen (secondary N) is 2. The van der Waals surface area contributed by atoms with E-state index in [1.807, 2.05) is 13.0 Å². The quantitative estimate of drug-likeness (QED) is 0.423. The number of thioether (sulfide) groups is 1. The fraction of sp³-hybridized carbons (Fsp3) is 0.667. The van der Waals surface area contributed by atoms with Crippen LogP contribution >= 0.6 is 35.7 Å². The van der Waals surface area contributed by atoms with E-state index in [-0.39, 0.29) is 24.0 Å². The molecule has 1 fully saturated rings. The zero-order valence-corrected chi connectivity index (χ0v) is 16.7. The monoisotopic (exact) mass is 435 g/mol. The fourth-order valence-corrected chi connectivity index (χ4v) is 3.59. The van der Waals surface area contributed by atoms with Crippen LogP contribution in [0.5, 0.6) is 0 Å². The molecule has 0 radical (unpaired) electrons. The predicted octanol–water partition coefficient (Wildman–Crippen LogP) is 2.74. The number of nitrogens with zero attached hydrogens (tertiary/aromatic N) is 3. The van der Waals surface area contributed by atoms with Crippen LogP contribution in [0, 0.1) is 6.92 Å². The van der Waals surface area contributed by atoms with Crippen LogP contribution in [-0.4, -0.2) is 39.5 Å². The van der Waals surface area contributed by atoms with Crippen LogP contribution in [0.1, 0.15) is 38.2 Å². The summed E-state index contributed by atoms with van der Waals surface area (Å²) in [6.45, 7) is 8.69. The topological polar surface area (TPSA) is 62.2 Å². The normalized spacial score (nSPS) is 21.3. The Labute approximate surface area is 154 Å². The van der Waals surface area contributed by atoms with Crippen LogP contribution in [0.15, 0.2) is 17.3 Å². The van der Waals surface area contributed by atoms with Gasteiger partial charge in [0.1, 0.15) is 5.82 Å². The highest BCUT2D eigenvalue weighted by Crippen LogP contribution is 2.36. The third-order valence-corrected chi connectivity index (χ3v) is 5.05. The molecule has 1 aromatic rings. The van der Waals surface area contributed by atoms with Crippen LogP contribution in [0.25, 0.3) is 0 Å². The van der Waals surface area contributed by atoms with E-state index in [1.54, 1.807) is 6.20 Å². The molecule has 0 saturated carbocycles. The Bertz CT molecular complexity index is 489. The number of hydrogen-bond donors (Lipinski definition) is 2. The molecule has 7 heteroatoms. The first-order valence-corrected chi connectivity index (χ1v) is 8.54. The molecule has 0 bridgehead atoms. The third kappa shape index (κ3) is 6.28.